The third-order valence-electron chi connectivity index (χ3n) is 4.73. The van der Waals surface area contributed by atoms with Gasteiger partial charge in [-0.2, -0.15) is 0 Å². The molecule has 1 aliphatic carbocycles. The smallest absolute Gasteiger partial charge is 0.137 e. The summed E-state index contributed by atoms with van der Waals surface area (Å²) in [5, 5.41) is 11.7. The van der Waals surface area contributed by atoms with Gasteiger partial charge >= 0.3 is 0 Å². The summed E-state index contributed by atoms with van der Waals surface area (Å²) in [6.45, 7) is 4.23. The van der Waals surface area contributed by atoms with Crippen LogP contribution in [0.5, 0.6) is 0 Å². The zero-order valence-electron chi connectivity index (χ0n) is 11.3. The molecule has 1 heterocycles. The minimum absolute atomic E-state index is 0.145. The quantitative estimate of drug-likeness (QED) is 0.835. The molecule has 102 valence electrons. The first-order chi connectivity index (χ1) is 9.00. The second kappa shape index (κ2) is 4.34. The van der Waals surface area contributed by atoms with Crippen molar-refractivity contribution in [2.45, 2.75) is 38.7 Å². The van der Waals surface area contributed by atoms with Crippen molar-refractivity contribution in [1.82, 2.24) is 0 Å². The van der Waals surface area contributed by atoms with Gasteiger partial charge in [-0.3, -0.25) is 0 Å². The Kier molecular flexibility index (Phi) is 2.90. The average Bonchev–Trinajstić information content (AvgIpc) is 2.79. The van der Waals surface area contributed by atoms with E-state index in [-0.39, 0.29) is 11.7 Å². The number of furan rings is 1. The van der Waals surface area contributed by atoms with Crippen LogP contribution in [-0.4, -0.2) is 5.11 Å². The van der Waals surface area contributed by atoms with E-state index in [9.17, 15) is 9.50 Å². The van der Waals surface area contributed by atoms with E-state index in [0.29, 0.717) is 29.1 Å². The molecule has 0 spiro atoms. The number of fused-ring (bicyclic) bond motifs is 1. The molecular formula is C16H19FO2. The van der Waals surface area contributed by atoms with Crippen molar-refractivity contribution < 1.29 is 13.9 Å². The fourth-order valence-corrected chi connectivity index (χ4v) is 3.22. The monoisotopic (exact) mass is 262 g/mol. The Morgan fingerprint density at radius 1 is 1.32 bits per heavy atom. The fourth-order valence-electron chi connectivity index (χ4n) is 3.22. The summed E-state index contributed by atoms with van der Waals surface area (Å²) in [7, 11) is 0. The zero-order chi connectivity index (χ0) is 13.6. The summed E-state index contributed by atoms with van der Waals surface area (Å²) in [6.07, 6.45) is 2.84. The standard InChI is InChI=1S/C16H19FO2/c1-10-4-3-7-16(18,11(10)2)15-9-12-8-13(17)5-6-14(12)19-15/h5-6,8-11,18H,3-4,7H2,1-2H3. The molecule has 2 aromatic rings. The Morgan fingerprint density at radius 2 is 2.11 bits per heavy atom. The number of halogens is 1. The Morgan fingerprint density at radius 3 is 2.89 bits per heavy atom. The Hall–Kier alpha value is -1.35. The highest BCUT2D eigenvalue weighted by molar-refractivity contribution is 5.78. The van der Waals surface area contributed by atoms with Crippen molar-refractivity contribution in [3.05, 3.63) is 35.8 Å². The lowest BCUT2D eigenvalue weighted by Gasteiger charge is -2.40. The van der Waals surface area contributed by atoms with E-state index in [2.05, 4.69) is 13.8 Å². The van der Waals surface area contributed by atoms with Crippen LogP contribution in [0.3, 0.4) is 0 Å². The van der Waals surface area contributed by atoms with Crippen LogP contribution < -0.4 is 0 Å². The summed E-state index contributed by atoms with van der Waals surface area (Å²) in [5.74, 6) is 0.902. The molecule has 3 heteroatoms. The predicted octanol–water partition coefficient (Wildman–Crippen LogP) is 4.22. The molecule has 1 aliphatic rings. The average molecular weight is 262 g/mol. The van der Waals surface area contributed by atoms with Gasteiger partial charge in [0.25, 0.3) is 0 Å². The molecule has 1 N–H and O–H groups in total. The van der Waals surface area contributed by atoms with E-state index in [1.54, 1.807) is 12.1 Å². The summed E-state index contributed by atoms with van der Waals surface area (Å²) < 4.78 is 19.0. The predicted molar refractivity (Wildman–Crippen MR) is 72.2 cm³/mol. The van der Waals surface area contributed by atoms with Crippen LogP contribution in [0, 0.1) is 17.7 Å². The first-order valence-corrected chi connectivity index (χ1v) is 6.92. The van der Waals surface area contributed by atoms with Gasteiger partial charge in [-0.05, 0) is 48.9 Å². The van der Waals surface area contributed by atoms with E-state index in [1.807, 2.05) is 0 Å². The van der Waals surface area contributed by atoms with Crippen LogP contribution in [0.25, 0.3) is 11.0 Å². The maximum absolute atomic E-state index is 13.2. The lowest BCUT2D eigenvalue weighted by molar-refractivity contribution is -0.0830. The molecule has 19 heavy (non-hydrogen) atoms. The molecule has 2 nitrogen and oxygen atoms in total. The van der Waals surface area contributed by atoms with Gasteiger partial charge in [0.15, 0.2) is 0 Å². The van der Waals surface area contributed by atoms with E-state index < -0.39 is 5.60 Å². The van der Waals surface area contributed by atoms with Crippen LogP contribution in [0.4, 0.5) is 4.39 Å². The minimum Gasteiger partial charge on any atom is -0.458 e. The number of rotatable bonds is 1. The van der Waals surface area contributed by atoms with Crippen molar-refractivity contribution >= 4 is 11.0 Å². The van der Waals surface area contributed by atoms with Crippen molar-refractivity contribution in [2.24, 2.45) is 11.8 Å². The molecule has 0 amide bonds. The Labute approximate surface area is 112 Å². The number of aliphatic hydroxyl groups is 1. The molecule has 0 radical (unpaired) electrons. The molecule has 0 saturated heterocycles. The van der Waals surface area contributed by atoms with Gasteiger partial charge in [0, 0.05) is 5.39 Å². The van der Waals surface area contributed by atoms with Crippen LogP contribution in [0.2, 0.25) is 0 Å². The van der Waals surface area contributed by atoms with Gasteiger partial charge in [-0.25, -0.2) is 4.39 Å². The fraction of sp³-hybridized carbons (Fsp3) is 0.500. The second-order valence-corrected chi connectivity index (χ2v) is 5.88. The highest BCUT2D eigenvalue weighted by Gasteiger charge is 2.43. The normalized spacial score (nSPS) is 31.8. The molecule has 3 rings (SSSR count). The Bertz CT molecular complexity index is 604. The second-order valence-electron chi connectivity index (χ2n) is 5.88. The minimum atomic E-state index is -0.923. The first kappa shape index (κ1) is 12.7. The van der Waals surface area contributed by atoms with Crippen molar-refractivity contribution in [1.29, 1.82) is 0 Å². The van der Waals surface area contributed by atoms with E-state index >= 15 is 0 Å². The van der Waals surface area contributed by atoms with Crippen molar-refractivity contribution in [3.63, 3.8) is 0 Å². The molecule has 3 unspecified atom stereocenters. The third-order valence-corrected chi connectivity index (χ3v) is 4.73. The van der Waals surface area contributed by atoms with Gasteiger partial charge in [0.05, 0.1) is 0 Å². The topological polar surface area (TPSA) is 33.4 Å². The number of benzene rings is 1. The largest absolute Gasteiger partial charge is 0.458 e. The van der Waals surface area contributed by atoms with Gasteiger partial charge in [0.2, 0.25) is 0 Å². The molecule has 1 fully saturated rings. The van der Waals surface area contributed by atoms with Crippen molar-refractivity contribution in [2.75, 3.05) is 0 Å². The van der Waals surface area contributed by atoms with Crippen LogP contribution >= 0.6 is 0 Å². The van der Waals surface area contributed by atoms with Gasteiger partial charge in [0.1, 0.15) is 22.8 Å². The molecular weight excluding hydrogens is 243 g/mol. The molecule has 1 aromatic carbocycles. The highest BCUT2D eigenvalue weighted by Crippen LogP contribution is 2.45. The lowest BCUT2D eigenvalue weighted by Crippen LogP contribution is -2.40. The van der Waals surface area contributed by atoms with Gasteiger partial charge in [-0.15, -0.1) is 0 Å². The molecule has 3 atom stereocenters. The van der Waals surface area contributed by atoms with Gasteiger partial charge in [-0.1, -0.05) is 20.3 Å². The Balaban J connectivity index is 2.07. The highest BCUT2D eigenvalue weighted by atomic mass is 19.1. The maximum atomic E-state index is 13.2. The summed E-state index contributed by atoms with van der Waals surface area (Å²) in [6, 6.07) is 6.23. The van der Waals surface area contributed by atoms with Crippen LogP contribution in [0.1, 0.15) is 38.9 Å². The third kappa shape index (κ3) is 1.96. The molecule has 1 aromatic heterocycles. The van der Waals surface area contributed by atoms with E-state index in [1.165, 1.54) is 12.1 Å². The van der Waals surface area contributed by atoms with E-state index in [4.69, 9.17) is 4.42 Å². The summed E-state index contributed by atoms with van der Waals surface area (Å²) in [5.41, 5.74) is -0.289. The van der Waals surface area contributed by atoms with Crippen molar-refractivity contribution in [3.8, 4) is 0 Å². The van der Waals surface area contributed by atoms with Crippen LogP contribution in [-0.2, 0) is 5.60 Å². The first-order valence-electron chi connectivity index (χ1n) is 6.92. The SMILES string of the molecule is CC1CCCC(O)(c2cc3cc(F)ccc3o2)C1C. The number of hydrogen-bond acceptors (Lipinski definition) is 2. The molecule has 1 saturated carbocycles. The number of hydrogen-bond donors (Lipinski definition) is 1. The lowest BCUT2D eigenvalue weighted by atomic mass is 9.69. The van der Waals surface area contributed by atoms with E-state index in [0.717, 1.165) is 12.8 Å². The molecule has 0 aliphatic heterocycles. The zero-order valence-corrected chi connectivity index (χ0v) is 11.3. The summed E-state index contributed by atoms with van der Waals surface area (Å²) >= 11 is 0. The molecule has 0 bridgehead atoms. The van der Waals surface area contributed by atoms with Crippen LogP contribution in [0.15, 0.2) is 28.7 Å². The summed E-state index contributed by atoms with van der Waals surface area (Å²) in [4.78, 5) is 0. The maximum Gasteiger partial charge on any atom is 0.137 e. The van der Waals surface area contributed by atoms with Gasteiger partial charge < -0.3 is 9.52 Å².